The standard InChI is InChI=1S/C60H78F2N10O10/c1-39(2)53(68-50(75)19-10-7-11-30-71-51(76)26-27-52(71)77)49(74)33-42(17-12-28-64-57(63)79)56(78)66-44-23-20-41(21-24-44)38-82-58(80)65-29-14-32-72(59(81)70-31-13-18-45(70)37-73)54(60(3,4)5)55-67-48(46-34-43(61)22-25-47(46)62)36-69(55)35-40-15-8-6-9-16-40/h6,8-9,15-16,20-27,34,36,39,42,45,53-54,73H,7,10-14,17-19,28-33,35,37-38H2,1-5H3,(H,65,80)(H,66,78)(H,68,75)(H3,63,64,79)/t42-,45+,53+,54+/m1/s1. The van der Waals surface area contributed by atoms with Gasteiger partial charge in [-0.1, -0.05) is 83.5 Å². The molecule has 1 fully saturated rings. The number of ketones is 1. The van der Waals surface area contributed by atoms with E-state index in [1.807, 2.05) is 55.7 Å². The number of primary amides is 1. The van der Waals surface area contributed by atoms with E-state index in [9.17, 15) is 47.9 Å². The number of Topliss-reactive ketones (excluding diaryl/α,β-unsaturated/α-hetero) is 1. The molecule has 0 bridgehead atoms. The number of carbonyl (C=O) groups is 8. The molecule has 20 nitrogen and oxygen atoms in total. The molecule has 4 aromatic rings. The number of likely N-dealkylation sites (tertiary alicyclic amines) is 1. The fourth-order valence-corrected chi connectivity index (χ4v) is 10.2. The number of imidazole rings is 1. The number of alkyl carbamates (subject to hydrolysis) is 1. The van der Waals surface area contributed by atoms with Crippen molar-refractivity contribution in [3.8, 4) is 11.3 Å². The van der Waals surface area contributed by atoms with Crippen LogP contribution in [-0.4, -0.2) is 128 Å². The van der Waals surface area contributed by atoms with E-state index < -0.39 is 59.1 Å². The zero-order chi connectivity index (χ0) is 59.5. The molecule has 7 N–H and O–H groups in total. The number of carbonyl (C=O) groups excluding carboxylic acids is 8. The summed E-state index contributed by atoms with van der Waals surface area (Å²) in [5.41, 5.74) is 6.64. The number of imide groups is 1. The van der Waals surface area contributed by atoms with Gasteiger partial charge in [0.2, 0.25) is 11.8 Å². The van der Waals surface area contributed by atoms with Crippen molar-refractivity contribution in [3.05, 3.63) is 120 Å². The van der Waals surface area contributed by atoms with Crippen LogP contribution in [0, 0.1) is 28.9 Å². The number of amides is 9. The molecule has 1 saturated heterocycles. The van der Waals surface area contributed by atoms with Crippen molar-refractivity contribution < 1.29 is 57.0 Å². The number of halogens is 2. The zero-order valence-electron chi connectivity index (χ0n) is 47.5. The Hall–Kier alpha value is -8.01. The number of aliphatic hydroxyl groups is 1. The van der Waals surface area contributed by atoms with Crippen molar-refractivity contribution in [2.24, 2.45) is 23.0 Å². The van der Waals surface area contributed by atoms with E-state index in [1.54, 1.807) is 54.1 Å². The quantitative estimate of drug-likeness (QED) is 0.0226. The van der Waals surface area contributed by atoms with E-state index in [0.29, 0.717) is 68.7 Å². The van der Waals surface area contributed by atoms with Gasteiger partial charge in [-0.15, -0.1) is 0 Å². The van der Waals surface area contributed by atoms with Gasteiger partial charge in [0, 0.05) is 87.6 Å². The largest absolute Gasteiger partial charge is 0.445 e. The van der Waals surface area contributed by atoms with Crippen LogP contribution >= 0.6 is 0 Å². The van der Waals surface area contributed by atoms with Crippen molar-refractivity contribution >= 4 is 53.3 Å². The highest BCUT2D eigenvalue weighted by atomic mass is 19.1. The summed E-state index contributed by atoms with van der Waals surface area (Å²) < 4.78 is 37.3. The molecule has 3 aromatic carbocycles. The number of aromatic nitrogens is 2. The normalized spacial score (nSPS) is 15.3. The van der Waals surface area contributed by atoms with Crippen LogP contribution in [0.5, 0.6) is 0 Å². The van der Waals surface area contributed by atoms with Crippen molar-refractivity contribution in [3.63, 3.8) is 0 Å². The molecule has 4 atom stereocenters. The predicted octanol–water partition coefficient (Wildman–Crippen LogP) is 7.75. The first-order valence-electron chi connectivity index (χ1n) is 28.1. The summed E-state index contributed by atoms with van der Waals surface area (Å²) in [5, 5.41) is 21.2. The minimum Gasteiger partial charge on any atom is -0.445 e. The predicted molar refractivity (Wildman–Crippen MR) is 303 cm³/mol. The van der Waals surface area contributed by atoms with E-state index in [2.05, 4.69) is 21.3 Å². The third kappa shape index (κ3) is 18.3. The molecule has 9 amide bonds. The maximum absolute atomic E-state index is 15.3. The first-order chi connectivity index (χ1) is 39.1. The lowest BCUT2D eigenvalue weighted by atomic mass is 9.84. The minimum absolute atomic E-state index is 0.0295. The summed E-state index contributed by atoms with van der Waals surface area (Å²) in [6, 6.07) is 16.2. The Kier molecular flexibility index (Phi) is 23.2. The van der Waals surface area contributed by atoms with Gasteiger partial charge in [0.1, 0.15) is 24.1 Å². The summed E-state index contributed by atoms with van der Waals surface area (Å²) in [7, 11) is 0. The number of nitrogens with zero attached hydrogens (tertiary/aromatic N) is 5. The van der Waals surface area contributed by atoms with E-state index in [4.69, 9.17) is 15.5 Å². The van der Waals surface area contributed by atoms with E-state index in [1.165, 1.54) is 12.2 Å². The molecule has 0 spiro atoms. The van der Waals surface area contributed by atoms with Crippen LogP contribution in [0.2, 0.25) is 0 Å². The van der Waals surface area contributed by atoms with Crippen LogP contribution < -0.4 is 27.0 Å². The molecule has 2 aliphatic rings. The highest BCUT2D eigenvalue weighted by molar-refractivity contribution is 6.12. The lowest BCUT2D eigenvalue weighted by Crippen LogP contribution is -2.51. The molecule has 0 saturated carbocycles. The Balaban J connectivity index is 1.06. The Morgan fingerprint density at radius 1 is 0.878 bits per heavy atom. The average molecular weight is 1140 g/mol. The van der Waals surface area contributed by atoms with Gasteiger partial charge in [0.25, 0.3) is 11.8 Å². The number of anilines is 1. The van der Waals surface area contributed by atoms with Crippen LogP contribution in [-0.2, 0) is 41.9 Å². The number of hydrogen-bond donors (Lipinski definition) is 6. The number of nitrogens with one attached hydrogen (secondary N) is 4. The van der Waals surface area contributed by atoms with Crippen molar-refractivity contribution in [1.82, 2.24) is 40.2 Å². The molecule has 0 unspecified atom stereocenters. The average Bonchev–Trinajstić information content (AvgIpc) is 4.37. The molecular formula is C60H78F2N10O10. The molecule has 82 heavy (non-hydrogen) atoms. The Morgan fingerprint density at radius 2 is 1.59 bits per heavy atom. The highest BCUT2D eigenvalue weighted by Gasteiger charge is 2.42. The smallest absolute Gasteiger partial charge is 0.407 e. The molecule has 0 radical (unpaired) electrons. The highest BCUT2D eigenvalue weighted by Crippen LogP contribution is 2.41. The fraction of sp³-hybridized carbons (Fsp3) is 0.483. The van der Waals surface area contributed by atoms with Gasteiger partial charge in [0.15, 0.2) is 5.78 Å². The van der Waals surface area contributed by atoms with Gasteiger partial charge in [-0.25, -0.2) is 28.1 Å². The number of unbranched alkanes of at least 4 members (excludes halogenated alkanes) is 2. The van der Waals surface area contributed by atoms with Gasteiger partial charge in [0.05, 0.1) is 30.4 Å². The molecule has 2 aliphatic heterocycles. The third-order valence-electron chi connectivity index (χ3n) is 14.5. The second kappa shape index (κ2) is 30.2. The van der Waals surface area contributed by atoms with Crippen LogP contribution in [0.1, 0.15) is 122 Å². The molecule has 442 valence electrons. The summed E-state index contributed by atoms with van der Waals surface area (Å²) in [6.45, 7) is 10.5. The molecule has 0 aliphatic carbocycles. The summed E-state index contributed by atoms with van der Waals surface area (Å²) in [6.07, 6.45) is 7.04. The van der Waals surface area contributed by atoms with Crippen molar-refractivity contribution in [2.45, 2.75) is 130 Å². The van der Waals surface area contributed by atoms with Crippen LogP contribution in [0.15, 0.2) is 91.1 Å². The number of hydrogen-bond acceptors (Lipinski definition) is 11. The maximum atomic E-state index is 15.3. The van der Waals surface area contributed by atoms with Crippen molar-refractivity contribution in [2.75, 3.05) is 44.6 Å². The SMILES string of the molecule is CC(C)[C@H](NC(=O)CCCCCN1C(=O)C=CC1=O)C(=O)C[C@@H](CCCNC(N)=O)C(=O)Nc1ccc(COC(=O)NCCCN(C(=O)N2CCC[C@H]2CO)[C@@H](c2nc(-c3cc(F)ccc3F)cn2Cc2ccccc2)C(C)(C)C)cc1. The molecular weight excluding hydrogens is 1060 g/mol. The summed E-state index contributed by atoms with van der Waals surface area (Å²) >= 11 is 0. The van der Waals surface area contributed by atoms with E-state index >= 15 is 4.39 Å². The topological polar surface area (TPSA) is 268 Å². The second-order valence-electron chi connectivity index (χ2n) is 22.2. The molecule has 1 aromatic heterocycles. The molecule has 6 rings (SSSR count). The minimum atomic E-state index is -0.876. The van der Waals surface area contributed by atoms with E-state index in [0.717, 1.165) is 28.7 Å². The Morgan fingerprint density at radius 3 is 2.26 bits per heavy atom. The molecule has 22 heteroatoms. The third-order valence-corrected chi connectivity index (χ3v) is 14.5. The van der Waals surface area contributed by atoms with Gasteiger partial charge in [-0.2, -0.15) is 0 Å². The van der Waals surface area contributed by atoms with Gasteiger partial charge < -0.3 is 51.2 Å². The number of benzene rings is 3. The zero-order valence-corrected chi connectivity index (χ0v) is 47.5. The van der Waals surface area contributed by atoms with E-state index in [-0.39, 0.29) is 112 Å². The second-order valence-corrected chi connectivity index (χ2v) is 22.2. The Labute approximate surface area is 477 Å². The van der Waals surface area contributed by atoms with Gasteiger partial charge in [-0.05, 0) is 97.7 Å². The lowest BCUT2D eigenvalue weighted by Gasteiger charge is -2.42. The Bertz CT molecular complexity index is 2870. The molecule has 3 heterocycles. The monoisotopic (exact) mass is 1140 g/mol. The maximum Gasteiger partial charge on any atom is 0.407 e. The van der Waals surface area contributed by atoms with Crippen LogP contribution in [0.3, 0.4) is 0 Å². The summed E-state index contributed by atoms with van der Waals surface area (Å²) in [4.78, 5) is 113. The number of nitrogens with two attached hydrogens (primary N) is 1. The van der Waals surface area contributed by atoms with Crippen LogP contribution in [0.25, 0.3) is 11.3 Å². The number of rotatable bonds is 29. The number of urea groups is 2. The number of aliphatic hydroxyl groups excluding tert-OH is 1. The van der Waals surface area contributed by atoms with Crippen molar-refractivity contribution in [1.29, 1.82) is 0 Å². The first kappa shape index (κ1) is 63.2. The summed E-state index contributed by atoms with van der Waals surface area (Å²) in [5.74, 6) is -3.85. The fourth-order valence-electron chi connectivity index (χ4n) is 10.2. The number of ether oxygens (including phenoxy) is 1. The van der Waals surface area contributed by atoms with Gasteiger partial charge >= 0.3 is 18.2 Å². The lowest BCUT2D eigenvalue weighted by molar-refractivity contribution is -0.137. The first-order valence-corrected chi connectivity index (χ1v) is 28.1. The van der Waals surface area contributed by atoms with Crippen LogP contribution in [0.4, 0.5) is 28.9 Å². The van der Waals surface area contributed by atoms with Gasteiger partial charge in [-0.3, -0.25) is 28.9 Å².